The lowest BCUT2D eigenvalue weighted by Gasteiger charge is -2.08. The molecular weight excluding hydrogens is 309 g/mol. The molecule has 98 valence electrons. The predicted molar refractivity (Wildman–Crippen MR) is 77.9 cm³/mol. The Hall–Kier alpha value is -1.68. The quantitative estimate of drug-likeness (QED) is 0.891. The highest BCUT2D eigenvalue weighted by molar-refractivity contribution is 9.10. The van der Waals surface area contributed by atoms with Gasteiger partial charge < -0.3 is 5.32 Å². The molecule has 0 atom stereocenters. The molecule has 0 saturated carbocycles. The van der Waals surface area contributed by atoms with Crippen LogP contribution in [0.1, 0.15) is 22.8 Å². The minimum atomic E-state index is -0.378. The number of aryl methyl sites for hydroxylation is 1. The number of carbonyl (C=O) groups is 1. The lowest BCUT2D eigenvalue weighted by molar-refractivity contribution is 0.102. The van der Waals surface area contributed by atoms with Crippen LogP contribution in [-0.2, 0) is 6.42 Å². The van der Waals surface area contributed by atoms with E-state index in [0.29, 0.717) is 10.0 Å². The maximum Gasteiger partial charge on any atom is 0.256 e. The molecule has 0 heterocycles. The fourth-order valence-corrected chi connectivity index (χ4v) is 2.27. The SMILES string of the molecule is CCc1cccc(NC(=O)c2ccc(F)cc2Br)c1. The molecular formula is C15H13BrFNO. The zero-order chi connectivity index (χ0) is 13.8. The number of hydrogen-bond acceptors (Lipinski definition) is 1. The third-order valence-electron chi connectivity index (χ3n) is 2.77. The number of hydrogen-bond donors (Lipinski definition) is 1. The summed E-state index contributed by atoms with van der Waals surface area (Å²) >= 11 is 3.19. The zero-order valence-corrected chi connectivity index (χ0v) is 12.0. The minimum absolute atomic E-state index is 0.264. The van der Waals surface area contributed by atoms with E-state index in [2.05, 4.69) is 28.2 Å². The van der Waals surface area contributed by atoms with Gasteiger partial charge in [-0.25, -0.2) is 4.39 Å². The molecule has 2 aromatic carbocycles. The number of rotatable bonds is 3. The van der Waals surface area contributed by atoms with Crippen molar-refractivity contribution >= 4 is 27.5 Å². The average molecular weight is 322 g/mol. The molecule has 0 aromatic heterocycles. The van der Waals surface area contributed by atoms with Gasteiger partial charge in [-0.2, -0.15) is 0 Å². The Morgan fingerprint density at radius 1 is 1.26 bits per heavy atom. The van der Waals surface area contributed by atoms with Crippen LogP contribution in [-0.4, -0.2) is 5.91 Å². The topological polar surface area (TPSA) is 29.1 Å². The van der Waals surface area contributed by atoms with Gasteiger partial charge in [0.05, 0.1) is 5.56 Å². The lowest BCUT2D eigenvalue weighted by atomic mass is 10.1. The van der Waals surface area contributed by atoms with Crippen molar-refractivity contribution in [3.63, 3.8) is 0 Å². The van der Waals surface area contributed by atoms with Crippen LogP contribution in [0.5, 0.6) is 0 Å². The zero-order valence-electron chi connectivity index (χ0n) is 10.4. The van der Waals surface area contributed by atoms with E-state index in [9.17, 15) is 9.18 Å². The van der Waals surface area contributed by atoms with Crippen molar-refractivity contribution in [1.29, 1.82) is 0 Å². The lowest BCUT2D eigenvalue weighted by Crippen LogP contribution is -2.12. The summed E-state index contributed by atoms with van der Waals surface area (Å²) in [6, 6.07) is 11.7. The highest BCUT2D eigenvalue weighted by Gasteiger charge is 2.11. The van der Waals surface area contributed by atoms with E-state index in [4.69, 9.17) is 0 Å². The second kappa shape index (κ2) is 5.97. The summed E-state index contributed by atoms with van der Waals surface area (Å²) in [6.45, 7) is 2.05. The van der Waals surface area contributed by atoms with Gasteiger partial charge in [0, 0.05) is 10.2 Å². The number of halogens is 2. The molecule has 0 radical (unpaired) electrons. The molecule has 0 fully saturated rings. The maximum absolute atomic E-state index is 13.0. The van der Waals surface area contributed by atoms with Gasteiger partial charge in [-0.15, -0.1) is 0 Å². The fraction of sp³-hybridized carbons (Fsp3) is 0.133. The number of carbonyl (C=O) groups excluding carboxylic acids is 1. The van der Waals surface area contributed by atoms with Gasteiger partial charge in [0.15, 0.2) is 0 Å². The number of amides is 1. The minimum Gasteiger partial charge on any atom is -0.322 e. The van der Waals surface area contributed by atoms with E-state index in [1.165, 1.54) is 18.2 Å². The summed E-state index contributed by atoms with van der Waals surface area (Å²) in [7, 11) is 0. The molecule has 0 spiro atoms. The molecule has 4 heteroatoms. The Bertz CT molecular complexity index is 613. The average Bonchev–Trinajstić information content (AvgIpc) is 2.38. The van der Waals surface area contributed by atoms with Gasteiger partial charge in [-0.3, -0.25) is 4.79 Å². The number of nitrogens with one attached hydrogen (secondary N) is 1. The second-order valence-electron chi connectivity index (χ2n) is 4.13. The smallest absolute Gasteiger partial charge is 0.256 e. The standard InChI is InChI=1S/C15H13BrFNO/c1-2-10-4-3-5-12(8-10)18-15(19)13-7-6-11(17)9-14(13)16/h3-9H,2H2,1H3,(H,18,19). The number of benzene rings is 2. The molecule has 19 heavy (non-hydrogen) atoms. The molecule has 0 aliphatic rings. The Labute approximate surface area is 119 Å². The number of anilines is 1. The third-order valence-corrected chi connectivity index (χ3v) is 3.42. The van der Waals surface area contributed by atoms with Crippen LogP contribution < -0.4 is 5.32 Å². The molecule has 0 aliphatic heterocycles. The molecule has 0 saturated heterocycles. The Morgan fingerprint density at radius 2 is 2.05 bits per heavy atom. The summed E-state index contributed by atoms with van der Waals surface area (Å²) in [5.41, 5.74) is 2.29. The summed E-state index contributed by atoms with van der Waals surface area (Å²) in [5, 5.41) is 2.80. The van der Waals surface area contributed by atoms with E-state index in [0.717, 1.165) is 17.7 Å². The van der Waals surface area contributed by atoms with E-state index in [1.807, 2.05) is 24.3 Å². The van der Waals surface area contributed by atoms with Gasteiger partial charge >= 0.3 is 0 Å². The van der Waals surface area contributed by atoms with E-state index >= 15 is 0 Å². The molecule has 1 amide bonds. The molecule has 0 bridgehead atoms. The first-order valence-corrected chi connectivity index (χ1v) is 6.75. The predicted octanol–water partition coefficient (Wildman–Crippen LogP) is 4.40. The van der Waals surface area contributed by atoms with E-state index in [1.54, 1.807) is 0 Å². The summed E-state index contributed by atoms with van der Waals surface area (Å²) in [6.07, 6.45) is 0.907. The molecule has 2 rings (SSSR count). The monoisotopic (exact) mass is 321 g/mol. The van der Waals surface area contributed by atoms with Gasteiger partial charge in [-0.1, -0.05) is 19.1 Å². The first-order chi connectivity index (χ1) is 9.10. The van der Waals surface area contributed by atoms with Gasteiger partial charge in [0.1, 0.15) is 5.82 Å². The van der Waals surface area contributed by atoms with Crippen LogP contribution in [0.25, 0.3) is 0 Å². The second-order valence-corrected chi connectivity index (χ2v) is 4.99. The van der Waals surface area contributed by atoms with Gasteiger partial charge in [0.2, 0.25) is 0 Å². The van der Waals surface area contributed by atoms with Crippen LogP contribution in [0.15, 0.2) is 46.9 Å². The Balaban J connectivity index is 2.20. The van der Waals surface area contributed by atoms with Crippen molar-refractivity contribution in [3.05, 3.63) is 63.9 Å². The van der Waals surface area contributed by atoms with Gasteiger partial charge in [-0.05, 0) is 58.2 Å². The van der Waals surface area contributed by atoms with E-state index in [-0.39, 0.29) is 11.7 Å². The van der Waals surface area contributed by atoms with Crippen molar-refractivity contribution < 1.29 is 9.18 Å². The van der Waals surface area contributed by atoms with Crippen molar-refractivity contribution in [2.45, 2.75) is 13.3 Å². The van der Waals surface area contributed by atoms with Crippen molar-refractivity contribution in [2.75, 3.05) is 5.32 Å². The van der Waals surface area contributed by atoms with Crippen molar-refractivity contribution in [1.82, 2.24) is 0 Å². The van der Waals surface area contributed by atoms with Crippen molar-refractivity contribution in [3.8, 4) is 0 Å². The Morgan fingerprint density at radius 3 is 2.74 bits per heavy atom. The molecule has 2 aromatic rings. The van der Waals surface area contributed by atoms with Crippen molar-refractivity contribution in [2.24, 2.45) is 0 Å². The highest BCUT2D eigenvalue weighted by atomic mass is 79.9. The first kappa shape index (κ1) is 13.7. The molecule has 2 nitrogen and oxygen atoms in total. The third kappa shape index (κ3) is 3.41. The first-order valence-electron chi connectivity index (χ1n) is 5.95. The summed E-state index contributed by atoms with van der Waals surface area (Å²) in [4.78, 5) is 12.1. The van der Waals surface area contributed by atoms with Crippen LogP contribution in [0.3, 0.4) is 0 Å². The fourth-order valence-electron chi connectivity index (χ4n) is 1.74. The highest BCUT2D eigenvalue weighted by Crippen LogP contribution is 2.20. The van der Waals surface area contributed by atoms with Crippen LogP contribution in [0.2, 0.25) is 0 Å². The van der Waals surface area contributed by atoms with Crippen LogP contribution in [0.4, 0.5) is 10.1 Å². The molecule has 0 unspecified atom stereocenters. The summed E-state index contributed by atoms with van der Waals surface area (Å²) < 4.78 is 13.4. The molecule has 0 aliphatic carbocycles. The largest absolute Gasteiger partial charge is 0.322 e. The normalized spacial score (nSPS) is 10.3. The van der Waals surface area contributed by atoms with E-state index < -0.39 is 0 Å². The van der Waals surface area contributed by atoms with Crippen LogP contribution in [0, 0.1) is 5.82 Å². The van der Waals surface area contributed by atoms with Gasteiger partial charge in [0.25, 0.3) is 5.91 Å². The maximum atomic E-state index is 13.0. The van der Waals surface area contributed by atoms with Crippen LogP contribution >= 0.6 is 15.9 Å². The molecule has 1 N–H and O–H groups in total. The summed E-state index contributed by atoms with van der Waals surface area (Å²) in [5.74, 6) is -0.642. The Kier molecular flexibility index (Phi) is 4.32.